The fraction of sp³-hybridized carbons (Fsp3) is 0.800. The maximum absolute atomic E-state index is 10.5. The third-order valence-electron chi connectivity index (χ3n) is 2.19. The van der Waals surface area contributed by atoms with Gasteiger partial charge in [0.25, 0.3) is 0 Å². The summed E-state index contributed by atoms with van der Waals surface area (Å²) in [7, 11) is 0. The molecular weight excluding hydrogens is 182 g/mol. The van der Waals surface area contributed by atoms with Crippen LogP contribution in [0, 0.1) is 0 Å². The van der Waals surface area contributed by atoms with Gasteiger partial charge in [-0.25, -0.2) is 0 Å². The molecule has 80 valence electrons. The van der Waals surface area contributed by atoms with E-state index in [1.807, 2.05) is 0 Å². The fourth-order valence-electron chi connectivity index (χ4n) is 1.37. The third kappa shape index (κ3) is 4.84. The smallest absolute Gasteiger partial charge is 0.305 e. The van der Waals surface area contributed by atoms with E-state index < -0.39 is 0 Å². The van der Waals surface area contributed by atoms with E-state index in [1.54, 1.807) is 0 Å². The summed E-state index contributed by atoms with van der Waals surface area (Å²) in [5.74, 6) is 0.178. The summed E-state index contributed by atoms with van der Waals surface area (Å²) in [6.07, 6.45) is 5.59. The predicted molar refractivity (Wildman–Crippen MR) is 51.7 cm³/mol. The van der Waals surface area contributed by atoms with Crippen LogP contribution in [0.5, 0.6) is 0 Å². The highest BCUT2D eigenvalue weighted by atomic mass is 16.5. The molecule has 0 unspecified atom stereocenters. The zero-order valence-electron chi connectivity index (χ0n) is 8.38. The molecule has 0 spiro atoms. The molecule has 0 aromatic heterocycles. The van der Waals surface area contributed by atoms with Gasteiger partial charge in [0.1, 0.15) is 0 Å². The van der Waals surface area contributed by atoms with Gasteiger partial charge in [0.15, 0.2) is 0 Å². The number of esters is 1. The van der Waals surface area contributed by atoms with E-state index in [-0.39, 0.29) is 11.9 Å². The number of amides is 1. The lowest BCUT2D eigenvalue weighted by atomic mass is 10.2. The molecule has 2 saturated heterocycles. The highest BCUT2D eigenvalue weighted by molar-refractivity contribution is 5.77. The van der Waals surface area contributed by atoms with E-state index in [2.05, 4.69) is 5.32 Å². The number of hydrogen-bond acceptors (Lipinski definition) is 3. The highest BCUT2D eigenvalue weighted by Crippen LogP contribution is 2.06. The summed E-state index contributed by atoms with van der Waals surface area (Å²) < 4.78 is 4.76. The van der Waals surface area contributed by atoms with E-state index in [0.29, 0.717) is 13.0 Å². The van der Waals surface area contributed by atoms with Crippen molar-refractivity contribution in [1.82, 2.24) is 5.32 Å². The molecule has 0 atom stereocenters. The Kier molecular flexibility index (Phi) is 5.04. The zero-order chi connectivity index (χ0) is 10.2. The number of carbonyl (C=O) groups is 2. The average Bonchev–Trinajstić information content (AvgIpc) is 2.51. The van der Waals surface area contributed by atoms with Gasteiger partial charge in [-0.3, -0.25) is 9.59 Å². The summed E-state index contributed by atoms with van der Waals surface area (Å²) in [5.41, 5.74) is 0. The maximum atomic E-state index is 10.5. The largest absolute Gasteiger partial charge is 0.466 e. The number of ether oxygens (including phenoxy) is 1. The minimum Gasteiger partial charge on any atom is -0.466 e. The monoisotopic (exact) mass is 199 g/mol. The van der Waals surface area contributed by atoms with E-state index in [0.717, 1.165) is 38.6 Å². The topological polar surface area (TPSA) is 55.4 Å². The van der Waals surface area contributed by atoms with Crippen LogP contribution in [-0.2, 0) is 14.3 Å². The third-order valence-corrected chi connectivity index (χ3v) is 2.19. The van der Waals surface area contributed by atoms with Crippen molar-refractivity contribution in [1.29, 1.82) is 0 Å². The highest BCUT2D eigenvalue weighted by Gasteiger charge is 2.06. The first kappa shape index (κ1) is 11.0. The van der Waals surface area contributed by atoms with Crippen LogP contribution in [0.2, 0.25) is 0 Å². The van der Waals surface area contributed by atoms with E-state index in [4.69, 9.17) is 4.74 Å². The van der Waals surface area contributed by atoms with Crippen molar-refractivity contribution in [2.75, 3.05) is 13.2 Å². The molecule has 2 rings (SSSR count). The lowest BCUT2D eigenvalue weighted by Crippen LogP contribution is -2.12. The van der Waals surface area contributed by atoms with Crippen LogP contribution >= 0.6 is 0 Å². The summed E-state index contributed by atoms with van der Waals surface area (Å²) >= 11 is 0. The lowest BCUT2D eigenvalue weighted by molar-refractivity contribution is -0.142. The molecule has 2 fully saturated rings. The minimum absolute atomic E-state index is 0.0255. The Morgan fingerprint density at radius 2 is 1.86 bits per heavy atom. The van der Waals surface area contributed by atoms with E-state index in [1.165, 1.54) is 0 Å². The lowest BCUT2D eigenvalue weighted by Gasteiger charge is -1.93. The van der Waals surface area contributed by atoms with Crippen LogP contribution < -0.4 is 5.32 Å². The van der Waals surface area contributed by atoms with Gasteiger partial charge in [0.2, 0.25) is 5.91 Å². The second-order valence-corrected chi connectivity index (χ2v) is 3.48. The Balaban J connectivity index is 0.000000146. The maximum Gasteiger partial charge on any atom is 0.305 e. The van der Waals surface area contributed by atoms with Crippen LogP contribution in [0.15, 0.2) is 0 Å². The second-order valence-electron chi connectivity index (χ2n) is 3.48. The van der Waals surface area contributed by atoms with Crippen LogP contribution in [0.1, 0.15) is 38.5 Å². The van der Waals surface area contributed by atoms with E-state index >= 15 is 0 Å². The SMILES string of the molecule is O=C1CCCCCO1.O=C1CCCN1. The summed E-state index contributed by atoms with van der Waals surface area (Å²) in [4.78, 5) is 20.6. The molecule has 2 aliphatic heterocycles. The summed E-state index contributed by atoms with van der Waals surface area (Å²) in [6.45, 7) is 1.53. The molecule has 0 aromatic rings. The van der Waals surface area contributed by atoms with Gasteiger partial charge >= 0.3 is 5.97 Å². The average molecular weight is 199 g/mol. The van der Waals surface area contributed by atoms with Crippen molar-refractivity contribution in [3.8, 4) is 0 Å². The zero-order valence-corrected chi connectivity index (χ0v) is 8.38. The molecule has 0 saturated carbocycles. The molecule has 14 heavy (non-hydrogen) atoms. The van der Waals surface area contributed by atoms with Crippen molar-refractivity contribution in [2.45, 2.75) is 38.5 Å². The molecule has 4 nitrogen and oxygen atoms in total. The van der Waals surface area contributed by atoms with Crippen molar-refractivity contribution >= 4 is 11.9 Å². The van der Waals surface area contributed by atoms with Crippen molar-refractivity contribution in [3.63, 3.8) is 0 Å². The first-order valence-electron chi connectivity index (χ1n) is 5.21. The molecule has 0 radical (unpaired) electrons. The molecule has 4 heteroatoms. The first-order chi connectivity index (χ1) is 6.79. The predicted octanol–water partition coefficient (Wildman–Crippen LogP) is 1.00. The molecule has 2 heterocycles. The fourth-order valence-corrected chi connectivity index (χ4v) is 1.37. The van der Waals surface area contributed by atoms with Crippen molar-refractivity contribution < 1.29 is 14.3 Å². The van der Waals surface area contributed by atoms with Gasteiger partial charge in [0.05, 0.1) is 6.61 Å². The molecule has 0 aliphatic carbocycles. The summed E-state index contributed by atoms with van der Waals surface area (Å²) in [5, 5.41) is 2.68. The summed E-state index contributed by atoms with van der Waals surface area (Å²) in [6, 6.07) is 0. The Morgan fingerprint density at radius 3 is 2.43 bits per heavy atom. The van der Waals surface area contributed by atoms with E-state index in [9.17, 15) is 9.59 Å². The first-order valence-corrected chi connectivity index (χ1v) is 5.21. The number of carbonyl (C=O) groups excluding carboxylic acids is 2. The molecule has 2 aliphatic rings. The van der Waals surface area contributed by atoms with Gasteiger partial charge in [-0.2, -0.15) is 0 Å². The molecule has 1 amide bonds. The van der Waals surface area contributed by atoms with Gasteiger partial charge in [-0.05, 0) is 25.7 Å². The number of cyclic esters (lactones) is 1. The van der Waals surface area contributed by atoms with Crippen molar-refractivity contribution in [3.05, 3.63) is 0 Å². The van der Waals surface area contributed by atoms with Crippen molar-refractivity contribution in [2.24, 2.45) is 0 Å². The Morgan fingerprint density at radius 1 is 1.00 bits per heavy atom. The molecule has 0 bridgehead atoms. The van der Waals surface area contributed by atoms with Crippen LogP contribution in [0.3, 0.4) is 0 Å². The van der Waals surface area contributed by atoms with Gasteiger partial charge in [0, 0.05) is 19.4 Å². The molecule has 1 N–H and O–H groups in total. The normalized spacial score (nSPS) is 21.4. The van der Waals surface area contributed by atoms with Gasteiger partial charge in [-0.1, -0.05) is 0 Å². The Bertz CT molecular complexity index is 186. The van der Waals surface area contributed by atoms with Gasteiger partial charge in [-0.15, -0.1) is 0 Å². The van der Waals surface area contributed by atoms with Crippen LogP contribution in [-0.4, -0.2) is 25.0 Å². The second kappa shape index (κ2) is 6.40. The number of nitrogens with one attached hydrogen (secondary N) is 1. The minimum atomic E-state index is -0.0255. The van der Waals surface area contributed by atoms with Crippen LogP contribution in [0.4, 0.5) is 0 Å². The Labute approximate surface area is 84.0 Å². The molecule has 0 aromatic carbocycles. The van der Waals surface area contributed by atoms with Crippen LogP contribution in [0.25, 0.3) is 0 Å². The quantitative estimate of drug-likeness (QED) is 0.592. The molecular formula is C10H17NO3. The number of hydrogen-bond donors (Lipinski definition) is 1. The van der Waals surface area contributed by atoms with Gasteiger partial charge < -0.3 is 10.1 Å². The Hall–Kier alpha value is -1.06. The number of rotatable bonds is 0. The standard InChI is InChI=1S/C6H10O2.C4H7NO/c7-6-4-2-1-3-5-8-6;6-4-2-1-3-5-4/h1-5H2;1-3H2,(H,5,6).